The highest BCUT2D eigenvalue weighted by molar-refractivity contribution is 6.13. The van der Waals surface area contributed by atoms with Crippen molar-refractivity contribution in [2.45, 2.75) is 6.92 Å². The molecule has 0 aliphatic heterocycles. The van der Waals surface area contributed by atoms with Crippen LogP contribution in [0.4, 0.5) is 11.4 Å². The van der Waals surface area contributed by atoms with Gasteiger partial charge in [0.2, 0.25) is 0 Å². The Balaban J connectivity index is 1.89. The van der Waals surface area contributed by atoms with Crippen LogP contribution in [0.1, 0.15) is 33.1 Å². The standard InChI is InChI=1S/C19H16N6O3/c1-10-13(7-20)16(27-2)6-15(24-10)19(26)25-11-3-4-14(21)12(5-11)18(22)17-8-23-9-28-17/h3-6,8-9,22H,21H2,1-2H3,(H,25,26). The molecule has 0 radical (unpaired) electrons. The van der Waals surface area contributed by atoms with E-state index in [0.717, 1.165) is 0 Å². The van der Waals surface area contributed by atoms with Crippen molar-refractivity contribution in [1.82, 2.24) is 9.97 Å². The number of aryl methyl sites for hydroxylation is 1. The average Bonchev–Trinajstić information content (AvgIpc) is 3.23. The smallest absolute Gasteiger partial charge is 0.274 e. The molecule has 0 saturated carbocycles. The number of nitrogen functional groups attached to an aromatic ring is 1. The molecular formula is C19H16N6O3. The van der Waals surface area contributed by atoms with Crippen LogP contribution >= 0.6 is 0 Å². The van der Waals surface area contributed by atoms with E-state index in [4.69, 9.17) is 25.6 Å². The lowest BCUT2D eigenvalue weighted by atomic mass is 10.1. The van der Waals surface area contributed by atoms with Gasteiger partial charge in [-0.3, -0.25) is 10.2 Å². The van der Waals surface area contributed by atoms with Gasteiger partial charge in [0.05, 0.1) is 19.0 Å². The molecule has 1 amide bonds. The number of rotatable bonds is 5. The van der Waals surface area contributed by atoms with Gasteiger partial charge in [-0.25, -0.2) is 9.97 Å². The molecule has 0 saturated heterocycles. The highest BCUT2D eigenvalue weighted by Crippen LogP contribution is 2.24. The number of oxazole rings is 1. The van der Waals surface area contributed by atoms with E-state index in [9.17, 15) is 4.79 Å². The van der Waals surface area contributed by atoms with Crippen LogP contribution in [-0.4, -0.2) is 28.7 Å². The summed E-state index contributed by atoms with van der Waals surface area (Å²) in [4.78, 5) is 20.5. The van der Waals surface area contributed by atoms with Gasteiger partial charge in [0, 0.05) is 23.0 Å². The number of nitrogens with one attached hydrogen (secondary N) is 2. The van der Waals surface area contributed by atoms with Gasteiger partial charge >= 0.3 is 0 Å². The van der Waals surface area contributed by atoms with Crippen molar-refractivity contribution in [3.8, 4) is 11.8 Å². The van der Waals surface area contributed by atoms with Gasteiger partial charge in [0.15, 0.2) is 12.2 Å². The Morgan fingerprint density at radius 3 is 2.82 bits per heavy atom. The lowest BCUT2D eigenvalue weighted by Gasteiger charge is -2.11. The van der Waals surface area contributed by atoms with Crippen LogP contribution in [0.25, 0.3) is 0 Å². The first kappa shape index (κ1) is 18.6. The second kappa shape index (κ2) is 7.59. The van der Waals surface area contributed by atoms with Gasteiger partial charge in [-0.05, 0) is 25.1 Å². The maximum atomic E-state index is 12.6. The van der Waals surface area contributed by atoms with Gasteiger partial charge in [-0.15, -0.1) is 0 Å². The van der Waals surface area contributed by atoms with Crippen molar-refractivity contribution in [3.63, 3.8) is 0 Å². The SMILES string of the molecule is COc1cc(C(=O)Nc2ccc(N)c(C(=N)c3cnco3)c2)nc(C)c1C#N. The van der Waals surface area contributed by atoms with Crippen LogP contribution in [0, 0.1) is 23.7 Å². The molecule has 140 valence electrons. The van der Waals surface area contributed by atoms with Crippen LogP contribution in [0.3, 0.4) is 0 Å². The number of amides is 1. The molecule has 9 nitrogen and oxygen atoms in total. The Morgan fingerprint density at radius 1 is 1.39 bits per heavy atom. The van der Waals surface area contributed by atoms with Crippen molar-refractivity contribution in [1.29, 1.82) is 10.7 Å². The average molecular weight is 376 g/mol. The molecule has 0 aliphatic rings. The predicted molar refractivity (Wildman–Crippen MR) is 101 cm³/mol. The minimum absolute atomic E-state index is 0.0418. The third kappa shape index (κ3) is 3.52. The summed E-state index contributed by atoms with van der Waals surface area (Å²) in [5.41, 5.74) is 7.91. The Bertz CT molecular complexity index is 1100. The van der Waals surface area contributed by atoms with Crippen LogP contribution in [0.15, 0.2) is 41.3 Å². The van der Waals surface area contributed by atoms with Gasteiger partial charge in [0.25, 0.3) is 5.91 Å². The quantitative estimate of drug-likeness (QED) is 0.457. The van der Waals surface area contributed by atoms with Crippen LogP contribution < -0.4 is 15.8 Å². The van der Waals surface area contributed by atoms with Crippen molar-refractivity contribution in [2.24, 2.45) is 0 Å². The normalized spacial score (nSPS) is 10.2. The zero-order chi connectivity index (χ0) is 20.3. The topological polar surface area (TPSA) is 151 Å². The van der Waals surface area contributed by atoms with Gasteiger partial charge in [-0.1, -0.05) is 0 Å². The Labute approximate surface area is 160 Å². The number of carbonyl (C=O) groups is 1. The number of anilines is 2. The molecule has 9 heteroatoms. The molecule has 4 N–H and O–H groups in total. The number of nitrogens with two attached hydrogens (primary N) is 1. The second-order valence-corrected chi connectivity index (χ2v) is 5.78. The molecule has 0 fully saturated rings. The van der Waals surface area contributed by atoms with Crippen LogP contribution in [-0.2, 0) is 0 Å². The maximum absolute atomic E-state index is 12.6. The lowest BCUT2D eigenvalue weighted by Crippen LogP contribution is -2.16. The van der Waals surface area contributed by atoms with E-state index in [0.29, 0.717) is 22.6 Å². The van der Waals surface area contributed by atoms with E-state index in [1.807, 2.05) is 6.07 Å². The molecule has 0 bridgehead atoms. The number of carbonyl (C=O) groups excluding carboxylic acids is 1. The minimum atomic E-state index is -0.493. The Hall–Kier alpha value is -4.19. The fourth-order valence-corrected chi connectivity index (χ4v) is 2.57. The summed E-state index contributed by atoms with van der Waals surface area (Å²) < 4.78 is 10.3. The van der Waals surface area contributed by atoms with E-state index in [-0.39, 0.29) is 28.5 Å². The largest absolute Gasteiger partial charge is 0.495 e. The Kier molecular flexibility index (Phi) is 5.04. The maximum Gasteiger partial charge on any atom is 0.274 e. The lowest BCUT2D eigenvalue weighted by molar-refractivity contribution is 0.102. The first-order chi connectivity index (χ1) is 13.4. The van der Waals surface area contributed by atoms with Crippen molar-refractivity contribution in [3.05, 3.63) is 65.1 Å². The van der Waals surface area contributed by atoms with Crippen LogP contribution in [0.5, 0.6) is 5.75 Å². The molecule has 0 unspecified atom stereocenters. The first-order valence-electron chi connectivity index (χ1n) is 8.09. The number of nitriles is 1. The molecule has 0 aliphatic carbocycles. The van der Waals surface area contributed by atoms with Gasteiger partial charge < -0.3 is 20.2 Å². The van der Waals surface area contributed by atoms with E-state index in [1.165, 1.54) is 25.8 Å². The molecule has 0 atom stereocenters. The molecule has 2 heterocycles. The number of ether oxygens (including phenoxy) is 1. The number of methoxy groups -OCH3 is 1. The monoisotopic (exact) mass is 376 g/mol. The molecule has 3 rings (SSSR count). The summed E-state index contributed by atoms with van der Waals surface area (Å²) in [5.74, 6) is 0.0300. The van der Waals surface area contributed by atoms with Gasteiger partial charge in [0.1, 0.15) is 28.8 Å². The zero-order valence-electron chi connectivity index (χ0n) is 15.1. The van der Waals surface area contributed by atoms with Crippen molar-refractivity contribution >= 4 is 23.0 Å². The van der Waals surface area contributed by atoms with E-state index < -0.39 is 5.91 Å². The highest BCUT2D eigenvalue weighted by Gasteiger charge is 2.17. The highest BCUT2D eigenvalue weighted by atomic mass is 16.5. The molecule has 3 aromatic rings. The Morgan fingerprint density at radius 2 is 2.18 bits per heavy atom. The summed E-state index contributed by atoms with van der Waals surface area (Å²) in [6.07, 6.45) is 2.63. The molecule has 2 aromatic heterocycles. The van der Waals surface area contributed by atoms with Crippen molar-refractivity contribution < 1.29 is 13.9 Å². The minimum Gasteiger partial charge on any atom is -0.495 e. The fourth-order valence-electron chi connectivity index (χ4n) is 2.57. The van der Waals surface area contributed by atoms with E-state index in [1.54, 1.807) is 25.1 Å². The summed E-state index contributed by atoms with van der Waals surface area (Å²) >= 11 is 0. The van der Waals surface area contributed by atoms with Gasteiger partial charge in [-0.2, -0.15) is 5.26 Å². The number of hydrogen-bond acceptors (Lipinski definition) is 8. The molecule has 1 aromatic carbocycles. The van der Waals surface area contributed by atoms with E-state index in [2.05, 4.69) is 15.3 Å². The van der Waals surface area contributed by atoms with E-state index >= 15 is 0 Å². The fraction of sp³-hybridized carbons (Fsp3) is 0.105. The van der Waals surface area contributed by atoms with Crippen LogP contribution in [0.2, 0.25) is 0 Å². The number of pyridine rings is 1. The predicted octanol–water partition coefficient (Wildman–Crippen LogP) is 2.51. The third-order valence-corrected chi connectivity index (χ3v) is 3.99. The number of benzene rings is 1. The number of aromatic nitrogens is 2. The molecular weight excluding hydrogens is 360 g/mol. The third-order valence-electron chi connectivity index (χ3n) is 3.99. The van der Waals surface area contributed by atoms with Crippen molar-refractivity contribution in [2.75, 3.05) is 18.2 Å². The number of nitrogens with zero attached hydrogens (tertiary/aromatic N) is 3. The first-order valence-corrected chi connectivity index (χ1v) is 8.09. The zero-order valence-corrected chi connectivity index (χ0v) is 15.1. The summed E-state index contributed by atoms with van der Waals surface area (Å²) in [6, 6.07) is 8.15. The molecule has 28 heavy (non-hydrogen) atoms. The second-order valence-electron chi connectivity index (χ2n) is 5.78. The summed E-state index contributed by atoms with van der Waals surface area (Å²) in [5, 5.41) is 20.1. The number of hydrogen-bond donors (Lipinski definition) is 3. The summed E-state index contributed by atoms with van der Waals surface area (Å²) in [7, 11) is 1.42. The molecule has 0 spiro atoms. The summed E-state index contributed by atoms with van der Waals surface area (Å²) in [6.45, 7) is 1.62.